The third kappa shape index (κ3) is 0.943. The number of rotatable bonds is 1. The molecule has 0 amide bonds. The van der Waals surface area contributed by atoms with Crippen LogP contribution in [0.3, 0.4) is 0 Å². The molecule has 1 fully saturated rings. The minimum Gasteiger partial charge on any atom is -0.392 e. The maximum Gasteiger partial charge on any atom is 0.0668 e. The summed E-state index contributed by atoms with van der Waals surface area (Å²) in [6, 6.07) is 0. The molecule has 0 aliphatic heterocycles. The Kier molecular flexibility index (Phi) is 1.57. The standard InChI is InChI=1S/C10H16O/c1-6(2)9-5-7-3-4-8(9)10(7)11/h3-4,6-11H,5H2,1-2H3. The molecule has 62 valence electrons. The molecule has 1 nitrogen and oxygen atoms in total. The van der Waals surface area contributed by atoms with Crippen molar-refractivity contribution in [2.24, 2.45) is 23.7 Å². The first kappa shape index (κ1) is 7.35. The Morgan fingerprint density at radius 3 is 2.36 bits per heavy atom. The van der Waals surface area contributed by atoms with E-state index in [0.29, 0.717) is 11.8 Å². The monoisotopic (exact) mass is 152 g/mol. The molecule has 2 bridgehead atoms. The highest BCUT2D eigenvalue weighted by Crippen LogP contribution is 2.46. The van der Waals surface area contributed by atoms with Gasteiger partial charge in [0.1, 0.15) is 0 Å². The second-order valence-corrected chi connectivity index (χ2v) is 4.26. The Morgan fingerprint density at radius 2 is 2.09 bits per heavy atom. The fourth-order valence-electron chi connectivity index (χ4n) is 2.59. The summed E-state index contributed by atoms with van der Waals surface area (Å²) < 4.78 is 0. The predicted molar refractivity (Wildman–Crippen MR) is 45.1 cm³/mol. The summed E-state index contributed by atoms with van der Waals surface area (Å²) in [5.41, 5.74) is 0. The zero-order valence-corrected chi connectivity index (χ0v) is 7.20. The van der Waals surface area contributed by atoms with E-state index in [1.165, 1.54) is 6.42 Å². The summed E-state index contributed by atoms with van der Waals surface area (Å²) in [4.78, 5) is 0. The molecule has 1 N–H and O–H groups in total. The van der Waals surface area contributed by atoms with Crippen molar-refractivity contribution >= 4 is 0 Å². The van der Waals surface area contributed by atoms with Gasteiger partial charge in [-0.1, -0.05) is 26.0 Å². The van der Waals surface area contributed by atoms with Gasteiger partial charge in [-0.05, 0) is 18.3 Å². The van der Waals surface area contributed by atoms with Gasteiger partial charge in [-0.3, -0.25) is 0 Å². The highest BCUT2D eigenvalue weighted by molar-refractivity contribution is 5.15. The fourth-order valence-corrected chi connectivity index (χ4v) is 2.59. The summed E-state index contributed by atoms with van der Waals surface area (Å²) in [7, 11) is 0. The van der Waals surface area contributed by atoms with Crippen LogP contribution in [-0.2, 0) is 0 Å². The van der Waals surface area contributed by atoms with Crippen molar-refractivity contribution in [2.45, 2.75) is 26.4 Å². The van der Waals surface area contributed by atoms with Gasteiger partial charge in [0.15, 0.2) is 0 Å². The van der Waals surface area contributed by atoms with Crippen molar-refractivity contribution in [3.05, 3.63) is 12.2 Å². The van der Waals surface area contributed by atoms with E-state index in [2.05, 4.69) is 26.0 Å². The lowest BCUT2D eigenvalue weighted by Gasteiger charge is -2.21. The summed E-state index contributed by atoms with van der Waals surface area (Å²) in [6.07, 6.45) is 5.56. The molecule has 0 radical (unpaired) electrons. The maximum absolute atomic E-state index is 9.69. The number of aliphatic hydroxyl groups is 1. The highest BCUT2D eigenvalue weighted by Gasteiger charge is 2.44. The minimum absolute atomic E-state index is 0.0533. The average Bonchev–Trinajstić information content (AvgIpc) is 2.46. The van der Waals surface area contributed by atoms with Crippen molar-refractivity contribution in [3.8, 4) is 0 Å². The third-order valence-electron chi connectivity index (χ3n) is 3.31. The Balaban J connectivity index is 2.15. The lowest BCUT2D eigenvalue weighted by molar-refractivity contribution is 0.125. The van der Waals surface area contributed by atoms with E-state index < -0.39 is 0 Å². The van der Waals surface area contributed by atoms with E-state index in [1.54, 1.807) is 0 Å². The third-order valence-corrected chi connectivity index (χ3v) is 3.31. The van der Waals surface area contributed by atoms with Gasteiger partial charge in [0.25, 0.3) is 0 Å². The van der Waals surface area contributed by atoms with Crippen LogP contribution in [0.15, 0.2) is 12.2 Å². The molecule has 0 aromatic carbocycles. The Hall–Kier alpha value is -0.300. The molecule has 4 atom stereocenters. The van der Waals surface area contributed by atoms with Gasteiger partial charge in [0, 0.05) is 11.8 Å². The second-order valence-electron chi connectivity index (χ2n) is 4.26. The van der Waals surface area contributed by atoms with Crippen molar-refractivity contribution < 1.29 is 5.11 Å². The summed E-state index contributed by atoms with van der Waals surface area (Å²) in [5, 5.41) is 9.69. The van der Waals surface area contributed by atoms with Gasteiger partial charge in [0.05, 0.1) is 6.10 Å². The molecule has 1 saturated carbocycles. The number of aliphatic hydroxyl groups excluding tert-OH is 1. The van der Waals surface area contributed by atoms with E-state index in [-0.39, 0.29) is 6.10 Å². The van der Waals surface area contributed by atoms with E-state index in [1.807, 2.05) is 0 Å². The lowest BCUT2D eigenvalue weighted by atomic mass is 9.84. The molecule has 1 heteroatoms. The van der Waals surface area contributed by atoms with Gasteiger partial charge < -0.3 is 5.11 Å². The quantitative estimate of drug-likeness (QED) is 0.568. The van der Waals surface area contributed by atoms with Gasteiger partial charge in [-0.2, -0.15) is 0 Å². The Labute approximate surface area is 68.1 Å². The normalized spacial score (nSPS) is 47.6. The molecular weight excluding hydrogens is 136 g/mol. The van der Waals surface area contributed by atoms with Gasteiger partial charge >= 0.3 is 0 Å². The molecule has 0 saturated heterocycles. The fraction of sp³-hybridized carbons (Fsp3) is 0.800. The van der Waals surface area contributed by atoms with Crippen LogP contribution in [0.2, 0.25) is 0 Å². The molecule has 11 heavy (non-hydrogen) atoms. The molecular formula is C10H16O. The van der Waals surface area contributed by atoms with Crippen molar-refractivity contribution in [3.63, 3.8) is 0 Å². The Morgan fingerprint density at radius 1 is 1.36 bits per heavy atom. The first-order valence-electron chi connectivity index (χ1n) is 4.56. The van der Waals surface area contributed by atoms with E-state index >= 15 is 0 Å². The zero-order chi connectivity index (χ0) is 8.01. The number of hydrogen-bond donors (Lipinski definition) is 1. The second kappa shape index (κ2) is 2.34. The van der Waals surface area contributed by atoms with Crippen LogP contribution in [-0.4, -0.2) is 11.2 Å². The number of fused-ring (bicyclic) bond motifs is 2. The predicted octanol–water partition coefficient (Wildman–Crippen LogP) is 1.83. The first-order valence-corrected chi connectivity index (χ1v) is 4.56. The van der Waals surface area contributed by atoms with Crippen LogP contribution >= 0.6 is 0 Å². The summed E-state index contributed by atoms with van der Waals surface area (Å²) in [5.74, 6) is 2.41. The zero-order valence-electron chi connectivity index (χ0n) is 7.20. The average molecular weight is 152 g/mol. The molecule has 0 aromatic heterocycles. The highest BCUT2D eigenvalue weighted by atomic mass is 16.3. The van der Waals surface area contributed by atoms with Crippen LogP contribution in [0.25, 0.3) is 0 Å². The smallest absolute Gasteiger partial charge is 0.0668 e. The van der Waals surface area contributed by atoms with E-state index in [4.69, 9.17) is 0 Å². The molecule has 2 aliphatic carbocycles. The van der Waals surface area contributed by atoms with Gasteiger partial charge in [0.2, 0.25) is 0 Å². The van der Waals surface area contributed by atoms with E-state index in [9.17, 15) is 5.11 Å². The molecule has 2 rings (SSSR count). The number of hydrogen-bond acceptors (Lipinski definition) is 1. The van der Waals surface area contributed by atoms with Crippen LogP contribution in [0.1, 0.15) is 20.3 Å². The Bertz CT molecular complexity index is 183. The molecule has 2 aliphatic rings. The summed E-state index contributed by atoms with van der Waals surface area (Å²) in [6.45, 7) is 4.51. The maximum atomic E-state index is 9.69. The topological polar surface area (TPSA) is 20.2 Å². The molecule has 0 aromatic rings. The van der Waals surface area contributed by atoms with Gasteiger partial charge in [-0.25, -0.2) is 0 Å². The van der Waals surface area contributed by atoms with Crippen LogP contribution in [0.4, 0.5) is 0 Å². The van der Waals surface area contributed by atoms with Crippen molar-refractivity contribution in [1.29, 1.82) is 0 Å². The van der Waals surface area contributed by atoms with Crippen LogP contribution in [0, 0.1) is 23.7 Å². The van der Waals surface area contributed by atoms with E-state index in [0.717, 1.165) is 11.8 Å². The molecule has 0 spiro atoms. The molecule has 0 heterocycles. The van der Waals surface area contributed by atoms with Crippen LogP contribution in [0.5, 0.6) is 0 Å². The largest absolute Gasteiger partial charge is 0.392 e. The van der Waals surface area contributed by atoms with Gasteiger partial charge in [-0.15, -0.1) is 0 Å². The first-order chi connectivity index (χ1) is 5.20. The van der Waals surface area contributed by atoms with Crippen LogP contribution < -0.4 is 0 Å². The van der Waals surface area contributed by atoms with Crippen molar-refractivity contribution in [2.75, 3.05) is 0 Å². The lowest BCUT2D eigenvalue weighted by Crippen LogP contribution is -2.19. The molecule has 4 unspecified atom stereocenters. The SMILES string of the molecule is CC(C)C1CC2C=CC1C2O. The van der Waals surface area contributed by atoms with Crippen molar-refractivity contribution in [1.82, 2.24) is 0 Å². The minimum atomic E-state index is -0.0533. The summed E-state index contributed by atoms with van der Waals surface area (Å²) >= 11 is 0.